The molecule has 5 nitrogen and oxygen atoms in total. The third-order valence-corrected chi connectivity index (χ3v) is 3.28. The maximum Gasteiger partial charge on any atom is 0.224 e. The Hall–Kier alpha value is -2.69. The van der Waals surface area contributed by atoms with Crippen LogP contribution in [0.3, 0.4) is 0 Å². The third-order valence-electron chi connectivity index (χ3n) is 3.28. The molecule has 0 aliphatic heterocycles. The Kier molecular flexibility index (Phi) is 5.25. The van der Waals surface area contributed by atoms with E-state index >= 15 is 0 Å². The fourth-order valence-corrected chi connectivity index (χ4v) is 2.07. The molecule has 0 fully saturated rings. The summed E-state index contributed by atoms with van der Waals surface area (Å²) >= 11 is 0. The Balaban J connectivity index is 1.92. The Morgan fingerprint density at radius 1 is 1.00 bits per heavy atom. The number of rotatable bonds is 6. The second-order valence-corrected chi connectivity index (χ2v) is 4.88. The molecular weight excluding hydrogens is 280 g/mol. The highest BCUT2D eigenvalue weighted by Gasteiger charge is 2.07. The standard InChI is InChI=1S/C17H20N2O3/c1-21-15-8-5-13(9-16(15)22-2)11-19-17(20)10-12-3-6-14(18)7-4-12/h3-9H,10-11,18H2,1-2H3,(H,19,20). The molecule has 0 spiro atoms. The van der Waals surface area contributed by atoms with Crippen molar-refractivity contribution in [3.8, 4) is 11.5 Å². The van der Waals surface area contributed by atoms with Gasteiger partial charge in [0.25, 0.3) is 0 Å². The summed E-state index contributed by atoms with van der Waals surface area (Å²) in [7, 11) is 3.17. The lowest BCUT2D eigenvalue weighted by atomic mass is 10.1. The van der Waals surface area contributed by atoms with Crippen molar-refractivity contribution < 1.29 is 14.3 Å². The first-order valence-electron chi connectivity index (χ1n) is 6.94. The smallest absolute Gasteiger partial charge is 0.224 e. The van der Waals surface area contributed by atoms with Crippen molar-refractivity contribution in [3.63, 3.8) is 0 Å². The molecule has 0 aromatic heterocycles. The van der Waals surface area contributed by atoms with Gasteiger partial charge in [0.05, 0.1) is 20.6 Å². The third kappa shape index (κ3) is 4.15. The molecule has 1 amide bonds. The van der Waals surface area contributed by atoms with Crippen LogP contribution in [-0.4, -0.2) is 20.1 Å². The van der Waals surface area contributed by atoms with Crippen LogP contribution >= 0.6 is 0 Å². The van der Waals surface area contributed by atoms with Crippen LogP contribution in [0.4, 0.5) is 5.69 Å². The van der Waals surface area contributed by atoms with E-state index in [-0.39, 0.29) is 5.91 Å². The summed E-state index contributed by atoms with van der Waals surface area (Å²) in [5.41, 5.74) is 8.19. The van der Waals surface area contributed by atoms with Crippen LogP contribution in [0.15, 0.2) is 42.5 Å². The van der Waals surface area contributed by atoms with E-state index < -0.39 is 0 Å². The van der Waals surface area contributed by atoms with Crippen molar-refractivity contribution in [3.05, 3.63) is 53.6 Å². The van der Waals surface area contributed by atoms with Crippen LogP contribution < -0.4 is 20.5 Å². The van der Waals surface area contributed by atoms with Crippen molar-refractivity contribution in [1.29, 1.82) is 0 Å². The van der Waals surface area contributed by atoms with Crippen molar-refractivity contribution in [1.82, 2.24) is 5.32 Å². The monoisotopic (exact) mass is 300 g/mol. The van der Waals surface area contributed by atoms with E-state index in [1.54, 1.807) is 26.4 Å². The lowest BCUT2D eigenvalue weighted by Gasteiger charge is -2.10. The minimum Gasteiger partial charge on any atom is -0.493 e. The van der Waals surface area contributed by atoms with Crippen molar-refractivity contribution in [2.45, 2.75) is 13.0 Å². The molecule has 0 saturated heterocycles. The largest absolute Gasteiger partial charge is 0.493 e. The summed E-state index contributed by atoms with van der Waals surface area (Å²) in [6.07, 6.45) is 0.327. The number of anilines is 1. The molecule has 0 unspecified atom stereocenters. The summed E-state index contributed by atoms with van der Waals surface area (Å²) < 4.78 is 10.4. The normalized spacial score (nSPS) is 10.1. The molecule has 3 N–H and O–H groups in total. The number of nitrogen functional groups attached to an aromatic ring is 1. The topological polar surface area (TPSA) is 73.6 Å². The fourth-order valence-electron chi connectivity index (χ4n) is 2.07. The molecule has 0 atom stereocenters. The average Bonchev–Trinajstić information content (AvgIpc) is 2.54. The molecule has 2 aromatic carbocycles. The zero-order valence-corrected chi connectivity index (χ0v) is 12.8. The molecular formula is C17H20N2O3. The van der Waals surface area contributed by atoms with Crippen LogP contribution in [0.5, 0.6) is 11.5 Å². The van der Waals surface area contributed by atoms with Crippen LogP contribution in [-0.2, 0) is 17.8 Å². The van der Waals surface area contributed by atoms with Gasteiger partial charge in [-0.25, -0.2) is 0 Å². The van der Waals surface area contributed by atoms with Gasteiger partial charge < -0.3 is 20.5 Å². The van der Waals surface area contributed by atoms with Gasteiger partial charge in [0.1, 0.15) is 0 Å². The average molecular weight is 300 g/mol. The molecule has 0 bridgehead atoms. The zero-order chi connectivity index (χ0) is 15.9. The lowest BCUT2D eigenvalue weighted by molar-refractivity contribution is -0.120. The Labute approximate surface area is 130 Å². The van der Waals surface area contributed by atoms with Crippen LogP contribution in [0, 0.1) is 0 Å². The SMILES string of the molecule is COc1ccc(CNC(=O)Cc2ccc(N)cc2)cc1OC. The molecule has 5 heteroatoms. The number of ether oxygens (including phenoxy) is 2. The van der Waals surface area contributed by atoms with Gasteiger partial charge in [-0.15, -0.1) is 0 Å². The lowest BCUT2D eigenvalue weighted by Crippen LogP contribution is -2.24. The number of nitrogens with one attached hydrogen (secondary N) is 1. The minimum atomic E-state index is -0.0421. The van der Waals surface area contributed by atoms with E-state index in [9.17, 15) is 4.79 Å². The van der Waals surface area contributed by atoms with Gasteiger partial charge in [-0.1, -0.05) is 18.2 Å². The van der Waals surface area contributed by atoms with Crippen molar-refractivity contribution >= 4 is 11.6 Å². The predicted molar refractivity (Wildman–Crippen MR) is 86.0 cm³/mol. The van der Waals surface area contributed by atoms with E-state index in [4.69, 9.17) is 15.2 Å². The number of hydrogen-bond acceptors (Lipinski definition) is 4. The molecule has 0 aliphatic carbocycles. The molecule has 0 aliphatic rings. The highest BCUT2D eigenvalue weighted by molar-refractivity contribution is 5.78. The maximum absolute atomic E-state index is 11.9. The predicted octanol–water partition coefficient (Wildman–Crippen LogP) is 2.14. The molecule has 0 radical (unpaired) electrons. The molecule has 22 heavy (non-hydrogen) atoms. The first-order valence-corrected chi connectivity index (χ1v) is 6.94. The maximum atomic E-state index is 11.9. The van der Waals surface area contributed by atoms with Gasteiger partial charge in [-0.05, 0) is 35.4 Å². The quantitative estimate of drug-likeness (QED) is 0.802. The zero-order valence-electron chi connectivity index (χ0n) is 12.8. The summed E-state index contributed by atoms with van der Waals surface area (Å²) in [4.78, 5) is 11.9. The number of nitrogens with two attached hydrogens (primary N) is 1. The molecule has 116 valence electrons. The van der Waals surface area contributed by atoms with Gasteiger partial charge in [0.2, 0.25) is 5.91 Å². The second kappa shape index (κ2) is 7.36. The molecule has 2 aromatic rings. The Bertz CT molecular complexity index is 639. The number of carbonyl (C=O) groups is 1. The second-order valence-electron chi connectivity index (χ2n) is 4.88. The highest BCUT2D eigenvalue weighted by Crippen LogP contribution is 2.27. The van der Waals surface area contributed by atoms with Crippen LogP contribution in [0.2, 0.25) is 0 Å². The van der Waals surface area contributed by atoms with E-state index in [0.717, 1.165) is 11.1 Å². The molecule has 0 saturated carbocycles. The van der Waals surface area contributed by atoms with Gasteiger partial charge >= 0.3 is 0 Å². The number of benzene rings is 2. The van der Waals surface area contributed by atoms with E-state index in [1.807, 2.05) is 30.3 Å². The first-order chi connectivity index (χ1) is 10.6. The van der Waals surface area contributed by atoms with Crippen molar-refractivity contribution in [2.75, 3.05) is 20.0 Å². The highest BCUT2D eigenvalue weighted by atomic mass is 16.5. The Morgan fingerprint density at radius 2 is 1.64 bits per heavy atom. The Morgan fingerprint density at radius 3 is 2.27 bits per heavy atom. The number of amides is 1. The summed E-state index contributed by atoms with van der Waals surface area (Å²) in [5, 5.41) is 2.88. The van der Waals surface area contributed by atoms with E-state index in [2.05, 4.69) is 5.32 Å². The van der Waals surface area contributed by atoms with Gasteiger partial charge in [0.15, 0.2) is 11.5 Å². The van der Waals surface area contributed by atoms with Gasteiger partial charge in [0, 0.05) is 12.2 Å². The van der Waals surface area contributed by atoms with Crippen molar-refractivity contribution in [2.24, 2.45) is 0 Å². The number of methoxy groups -OCH3 is 2. The van der Waals surface area contributed by atoms with Crippen LogP contribution in [0.25, 0.3) is 0 Å². The van der Waals surface area contributed by atoms with Gasteiger partial charge in [-0.3, -0.25) is 4.79 Å². The summed E-state index contributed by atoms with van der Waals surface area (Å²) in [5.74, 6) is 1.27. The van der Waals surface area contributed by atoms with Gasteiger partial charge in [-0.2, -0.15) is 0 Å². The van der Waals surface area contributed by atoms with E-state index in [1.165, 1.54) is 0 Å². The molecule has 2 rings (SSSR count). The summed E-state index contributed by atoms with van der Waals surface area (Å²) in [6, 6.07) is 12.8. The minimum absolute atomic E-state index is 0.0421. The first kappa shape index (κ1) is 15.7. The number of carbonyl (C=O) groups excluding carboxylic acids is 1. The summed E-state index contributed by atoms with van der Waals surface area (Å²) in [6.45, 7) is 0.439. The molecule has 0 heterocycles. The van der Waals surface area contributed by atoms with E-state index in [0.29, 0.717) is 30.2 Å². The van der Waals surface area contributed by atoms with Crippen LogP contribution in [0.1, 0.15) is 11.1 Å². The fraction of sp³-hybridized carbons (Fsp3) is 0.235. The number of hydrogen-bond donors (Lipinski definition) is 2.